The second kappa shape index (κ2) is 9.17. The molecule has 0 aliphatic heterocycles. The van der Waals surface area contributed by atoms with Gasteiger partial charge < -0.3 is 15.7 Å². The summed E-state index contributed by atoms with van der Waals surface area (Å²) in [6.45, 7) is 1.84. The van der Waals surface area contributed by atoms with E-state index in [4.69, 9.17) is 0 Å². The van der Waals surface area contributed by atoms with Crippen LogP contribution in [0, 0.1) is 12.7 Å². The molecule has 3 N–H and O–H groups in total. The zero-order valence-corrected chi connectivity index (χ0v) is 19.2. The van der Waals surface area contributed by atoms with Crippen LogP contribution in [-0.2, 0) is 13.0 Å². The first-order valence-electron chi connectivity index (χ1n) is 11.2. The van der Waals surface area contributed by atoms with Gasteiger partial charge in [-0.2, -0.15) is 14.6 Å². The SMILES string of the molecule is Cc1c(C(=O)O)ccc2c1CC[C@@H]2NC(=O)c1cc(C(=O)NCc2cccc(F)c2)nc2ncnn12. The molecule has 2 heterocycles. The van der Waals surface area contributed by atoms with Gasteiger partial charge in [-0.05, 0) is 60.2 Å². The van der Waals surface area contributed by atoms with E-state index >= 15 is 0 Å². The first kappa shape index (κ1) is 23.1. The Morgan fingerprint density at radius 2 is 2.00 bits per heavy atom. The molecule has 1 atom stereocenters. The number of hydrogen-bond acceptors (Lipinski definition) is 6. The van der Waals surface area contributed by atoms with Crippen LogP contribution in [0.3, 0.4) is 0 Å². The number of aromatic carboxylic acids is 1. The monoisotopic (exact) mass is 488 g/mol. The van der Waals surface area contributed by atoms with Crippen molar-refractivity contribution in [2.75, 3.05) is 0 Å². The number of fused-ring (bicyclic) bond motifs is 2. The van der Waals surface area contributed by atoms with Gasteiger partial charge in [-0.1, -0.05) is 18.2 Å². The number of halogens is 1. The molecule has 0 saturated heterocycles. The van der Waals surface area contributed by atoms with E-state index in [1.807, 2.05) is 0 Å². The van der Waals surface area contributed by atoms with Gasteiger partial charge in [0.1, 0.15) is 23.5 Å². The maximum Gasteiger partial charge on any atom is 0.335 e. The summed E-state index contributed by atoms with van der Waals surface area (Å²) in [4.78, 5) is 45.7. The van der Waals surface area contributed by atoms with Gasteiger partial charge in [0, 0.05) is 12.6 Å². The zero-order valence-electron chi connectivity index (χ0n) is 19.2. The highest BCUT2D eigenvalue weighted by molar-refractivity contribution is 5.98. The van der Waals surface area contributed by atoms with E-state index in [1.165, 1.54) is 29.0 Å². The summed E-state index contributed by atoms with van der Waals surface area (Å²) in [6.07, 6.45) is 2.48. The fourth-order valence-electron chi connectivity index (χ4n) is 4.50. The van der Waals surface area contributed by atoms with Gasteiger partial charge >= 0.3 is 5.97 Å². The van der Waals surface area contributed by atoms with Crippen LogP contribution in [0.15, 0.2) is 48.8 Å². The molecule has 0 unspecified atom stereocenters. The summed E-state index contributed by atoms with van der Waals surface area (Å²) in [7, 11) is 0. The normalized spacial score (nSPS) is 14.4. The van der Waals surface area contributed by atoms with Crippen molar-refractivity contribution in [1.82, 2.24) is 30.2 Å². The fraction of sp³-hybridized carbons (Fsp3) is 0.200. The second-order valence-electron chi connectivity index (χ2n) is 8.49. The summed E-state index contributed by atoms with van der Waals surface area (Å²) in [6, 6.07) is 10.1. The zero-order chi connectivity index (χ0) is 25.4. The van der Waals surface area contributed by atoms with Gasteiger partial charge in [-0.3, -0.25) is 9.59 Å². The Hall–Kier alpha value is -4.67. The molecule has 2 amide bonds. The highest BCUT2D eigenvalue weighted by Crippen LogP contribution is 2.34. The van der Waals surface area contributed by atoms with E-state index in [0.717, 1.165) is 11.1 Å². The summed E-state index contributed by atoms with van der Waals surface area (Å²) in [5, 5.41) is 19.1. The molecule has 0 bridgehead atoms. The molecular weight excluding hydrogens is 467 g/mol. The van der Waals surface area contributed by atoms with Gasteiger partial charge in [0.25, 0.3) is 17.6 Å². The summed E-state index contributed by atoms with van der Waals surface area (Å²) in [5.41, 5.74) is 3.32. The lowest BCUT2D eigenvalue weighted by Gasteiger charge is -2.16. The molecule has 4 aromatic rings. The topological polar surface area (TPSA) is 139 Å². The Labute approximate surface area is 204 Å². The molecule has 2 aromatic heterocycles. The predicted molar refractivity (Wildman–Crippen MR) is 125 cm³/mol. The number of benzene rings is 2. The number of carbonyl (C=O) groups is 3. The van der Waals surface area contributed by atoms with Crippen LogP contribution >= 0.6 is 0 Å². The van der Waals surface area contributed by atoms with Gasteiger partial charge in [0.2, 0.25) is 0 Å². The smallest absolute Gasteiger partial charge is 0.335 e. The molecule has 182 valence electrons. The molecule has 0 fully saturated rings. The van der Waals surface area contributed by atoms with Crippen molar-refractivity contribution in [2.24, 2.45) is 0 Å². The number of hydrogen-bond donors (Lipinski definition) is 3. The Bertz CT molecular complexity index is 1530. The highest BCUT2D eigenvalue weighted by Gasteiger charge is 2.29. The number of nitrogens with zero attached hydrogens (tertiary/aromatic N) is 4. The summed E-state index contributed by atoms with van der Waals surface area (Å²) >= 11 is 0. The first-order chi connectivity index (χ1) is 17.3. The van der Waals surface area contributed by atoms with Crippen LogP contribution in [0.4, 0.5) is 4.39 Å². The average molecular weight is 488 g/mol. The van der Waals surface area contributed by atoms with Crippen LogP contribution in [0.2, 0.25) is 0 Å². The molecule has 11 heteroatoms. The van der Waals surface area contributed by atoms with E-state index < -0.39 is 23.6 Å². The molecule has 5 rings (SSSR count). The van der Waals surface area contributed by atoms with E-state index in [1.54, 1.807) is 31.2 Å². The molecule has 0 saturated carbocycles. The molecule has 2 aromatic carbocycles. The van der Waals surface area contributed by atoms with Crippen molar-refractivity contribution in [3.8, 4) is 0 Å². The number of aromatic nitrogens is 4. The van der Waals surface area contributed by atoms with Crippen molar-refractivity contribution < 1.29 is 23.9 Å². The van der Waals surface area contributed by atoms with Crippen molar-refractivity contribution in [3.63, 3.8) is 0 Å². The van der Waals surface area contributed by atoms with Crippen LogP contribution in [0.1, 0.15) is 66.1 Å². The van der Waals surface area contributed by atoms with E-state index in [0.29, 0.717) is 24.0 Å². The number of carboxylic acids is 1. The summed E-state index contributed by atoms with van der Waals surface area (Å²) in [5.74, 6) is -2.36. The van der Waals surface area contributed by atoms with E-state index in [-0.39, 0.29) is 35.3 Å². The third-order valence-electron chi connectivity index (χ3n) is 6.29. The van der Waals surface area contributed by atoms with Crippen molar-refractivity contribution in [2.45, 2.75) is 32.4 Å². The third-order valence-corrected chi connectivity index (χ3v) is 6.29. The standard InChI is InChI=1S/C25H21FN6O4/c1-13-16-7-8-19(18(16)6-5-17(13)24(35)36)30-23(34)21-10-20(31-25-28-12-29-32(21)25)22(33)27-11-14-3-2-4-15(26)9-14/h2-6,9-10,12,19H,7-8,11H2,1H3,(H,27,33)(H,30,34)(H,35,36)/t19-/m0/s1. The molecule has 0 spiro atoms. The van der Waals surface area contributed by atoms with Gasteiger partial charge in [0.15, 0.2) is 0 Å². The van der Waals surface area contributed by atoms with E-state index in [2.05, 4.69) is 25.7 Å². The van der Waals surface area contributed by atoms with Gasteiger partial charge in [-0.15, -0.1) is 0 Å². The highest BCUT2D eigenvalue weighted by atomic mass is 19.1. The lowest BCUT2D eigenvalue weighted by Crippen LogP contribution is -2.30. The van der Waals surface area contributed by atoms with Gasteiger partial charge in [-0.25, -0.2) is 14.2 Å². The minimum absolute atomic E-state index is 0.0363. The van der Waals surface area contributed by atoms with Crippen molar-refractivity contribution in [1.29, 1.82) is 0 Å². The van der Waals surface area contributed by atoms with Crippen LogP contribution in [0.5, 0.6) is 0 Å². The number of nitrogens with one attached hydrogen (secondary N) is 2. The number of amides is 2. The largest absolute Gasteiger partial charge is 0.478 e. The number of carboxylic acid groups (broad SMARTS) is 1. The number of rotatable bonds is 6. The molecule has 1 aliphatic rings. The molecule has 0 radical (unpaired) electrons. The lowest BCUT2D eigenvalue weighted by atomic mass is 9.98. The minimum atomic E-state index is -0.989. The average Bonchev–Trinajstić information content (AvgIpc) is 3.49. The van der Waals surface area contributed by atoms with Crippen LogP contribution in [0.25, 0.3) is 5.78 Å². The Balaban J connectivity index is 1.38. The Kier molecular flexibility index (Phi) is 5.88. The Morgan fingerprint density at radius 3 is 2.78 bits per heavy atom. The Morgan fingerprint density at radius 1 is 1.17 bits per heavy atom. The van der Waals surface area contributed by atoms with E-state index in [9.17, 15) is 23.9 Å². The van der Waals surface area contributed by atoms with Crippen LogP contribution < -0.4 is 10.6 Å². The molecule has 10 nitrogen and oxygen atoms in total. The maximum absolute atomic E-state index is 13.4. The van der Waals surface area contributed by atoms with Crippen LogP contribution in [-0.4, -0.2) is 42.5 Å². The van der Waals surface area contributed by atoms with Crippen molar-refractivity contribution >= 4 is 23.6 Å². The van der Waals surface area contributed by atoms with Crippen molar-refractivity contribution in [3.05, 3.63) is 93.8 Å². The molecule has 1 aliphatic carbocycles. The molecular formula is C25H21FN6O4. The maximum atomic E-state index is 13.4. The van der Waals surface area contributed by atoms with Gasteiger partial charge in [0.05, 0.1) is 11.6 Å². The minimum Gasteiger partial charge on any atom is -0.478 e. The molecule has 36 heavy (non-hydrogen) atoms. The quantitative estimate of drug-likeness (QED) is 0.379. The number of carbonyl (C=O) groups excluding carboxylic acids is 2. The predicted octanol–water partition coefficient (Wildman–Crippen LogP) is 2.62. The summed E-state index contributed by atoms with van der Waals surface area (Å²) < 4.78 is 14.7. The third kappa shape index (κ3) is 4.26. The fourth-order valence-corrected chi connectivity index (χ4v) is 4.50. The lowest BCUT2D eigenvalue weighted by molar-refractivity contribution is 0.0695. The first-order valence-corrected chi connectivity index (χ1v) is 11.2. The second-order valence-corrected chi connectivity index (χ2v) is 8.49.